The van der Waals surface area contributed by atoms with E-state index in [9.17, 15) is 14.4 Å². The fourth-order valence-corrected chi connectivity index (χ4v) is 5.03. The summed E-state index contributed by atoms with van der Waals surface area (Å²) in [4.78, 5) is 43.9. The number of esters is 1. The average Bonchev–Trinajstić information content (AvgIpc) is 3.22. The third kappa shape index (κ3) is 5.17. The summed E-state index contributed by atoms with van der Waals surface area (Å²) in [6.45, 7) is 5.75. The first-order valence-electron chi connectivity index (χ1n) is 11.5. The molecule has 0 saturated heterocycles. The van der Waals surface area contributed by atoms with Crippen molar-refractivity contribution in [3.63, 3.8) is 0 Å². The Balaban J connectivity index is 1.55. The smallest absolute Gasteiger partial charge is 0.349 e. The summed E-state index contributed by atoms with van der Waals surface area (Å²) < 4.78 is 6.71. The number of aryl methyl sites for hydroxylation is 3. The van der Waals surface area contributed by atoms with Gasteiger partial charge in [-0.05, 0) is 42.0 Å². The van der Waals surface area contributed by atoms with Crippen LogP contribution in [0.25, 0.3) is 10.2 Å². The number of hydrogen-bond acceptors (Lipinski definition) is 6. The first-order chi connectivity index (χ1) is 16.9. The molecule has 0 radical (unpaired) electrons. The molecule has 0 spiro atoms. The van der Waals surface area contributed by atoms with Gasteiger partial charge in [0.1, 0.15) is 22.9 Å². The number of carbonyl (C=O) groups is 2. The molecule has 8 heteroatoms. The Morgan fingerprint density at radius 3 is 2.37 bits per heavy atom. The Bertz CT molecular complexity index is 1420. The van der Waals surface area contributed by atoms with E-state index in [0.717, 1.165) is 46.6 Å². The fraction of sp³-hybridized carbons (Fsp3) is 0.259. The van der Waals surface area contributed by atoms with Crippen molar-refractivity contribution in [2.75, 3.05) is 5.32 Å². The number of thiophene rings is 1. The molecule has 180 valence electrons. The van der Waals surface area contributed by atoms with Gasteiger partial charge in [-0.3, -0.25) is 14.2 Å². The predicted molar refractivity (Wildman–Crippen MR) is 138 cm³/mol. The van der Waals surface area contributed by atoms with Crippen molar-refractivity contribution in [1.82, 2.24) is 9.55 Å². The number of nitrogens with one attached hydrogen (secondary N) is 1. The van der Waals surface area contributed by atoms with Gasteiger partial charge in [0.05, 0.1) is 11.7 Å². The molecule has 2 heterocycles. The Morgan fingerprint density at radius 1 is 1.03 bits per heavy atom. The first-order valence-corrected chi connectivity index (χ1v) is 12.3. The molecule has 0 aliphatic carbocycles. The molecular weight excluding hydrogens is 462 g/mol. The van der Waals surface area contributed by atoms with Crippen LogP contribution in [0.4, 0.5) is 5.69 Å². The summed E-state index contributed by atoms with van der Waals surface area (Å²) >= 11 is 1.12. The van der Waals surface area contributed by atoms with Gasteiger partial charge >= 0.3 is 5.97 Å². The van der Waals surface area contributed by atoms with Gasteiger partial charge in [-0.25, -0.2) is 9.78 Å². The zero-order valence-corrected chi connectivity index (χ0v) is 20.8. The number of amides is 1. The second kappa shape index (κ2) is 10.7. The second-order valence-electron chi connectivity index (χ2n) is 8.18. The number of carbonyl (C=O) groups excluding carboxylic acids is 2. The predicted octanol–water partition coefficient (Wildman–Crippen LogP) is 4.89. The zero-order chi connectivity index (χ0) is 24.9. The molecule has 35 heavy (non-hydrogen) atoms. The number of aromatic nitrogens is 2. The number of nitrogens with zero attached hydrogens (tertiary/aromatic N) is 2. The molecule has 0 saturated carbocycles. The highest BCUT2D eigenvalue weighted by Crippen LogP contribution is 2.28. The lowest BCUT2D eigenvalue weighted by Gasteiger charge is -2.15. The number of ether oxygens (including phenoxy) is 1. The van der Waals surface area contributed by atoms with Gasteiger partial charge in [0.15, 0.2) is 0 Å². The molecule has 1 N–H and O–H groups in total. The standard InChI is InChI=1S/C27H27N3O4S/c1-4-19-12-9-13-20(5-2)23(19)29-21(31)14-30-16-28-25-22(26(30)32)17(3)24(35-25)27(33)34-15-18-10-7-6-8-11-18/h6-13,16H,4-5,14-15H2,1-3H3,(H,29,31). The van der Waals surface area contributed by atoms with E-state index in [4.69, 9.17) is 4.74 Å². The molecule has 2 aromatic heterocycles. The maximum atomic E-state index is 13.2. The maximum Gasteiger partial charge on any atom is 0.349 e. The summed E-state index contributed by atoms with van der Waals surface area (Å²) in [6, 6.07) is 15.3. The van der Waals surface area contributed by atoms with E-state index in [-0.39, 0.29) is 24.6 Å². The van der Waals surface area contributed by atoms with Crippen LogP contribution in [0.5, 0.6) is 0 Å². The number of anilines is 1. The van der Waals surface area contributed by atoms with E-state index in [1.54, 1.807) is 6.92 Å². The monoisotopic (exact) mass is 489 g/mol. The number of fused-ring (bicyclic) bond motifs is 1. The molecule has 7 nitrogen and oxygen atoms in total. The minimum atomic E-state index is -0.499. The number of hydrogen-bond donors (Lipinski definition) is 1. The molecule has 0 unspecified atom stereocenters. The summed E-state index contributed by atoms with van der Waals surface area (Å²) in [6.07, 6.45) is 2.92. The molecule has 4 rings (SSSR count). The molecule has 4 aromatic rings. The van der Waals surface area contributed by atoms with E-state index >= 15 is 0 Å². The van der Waals surface area contributed by atoms with Crippen LogP contribution in [0.15, 0.2) is 59.7 Å². The van der Waals surface area contributed by atoms with E-state index in [2.05, 4.69) is 10.3 Å². The number of rotatable bonds is 8. The molecule has 0 fully saturated rings. The minimum absolute atomic E-state index is 0.143. The molecule has 1 amide bonds. The van der Waals surface area contributed by atoms with Crippen LogP contribution < -0.4 is 10.9 Å². The Labute approximate surface area is 207 Å². The van der Waals surface area contributed by atoms with Crippen LogP contribution in [-0.2, 0) is 35.5 Å². The quantitative estimate of drug-likeness (QED) is 0.356. The topological polar surface area (TPSA) is 90.3 Å². The molecule has 0 atom stereocenters. The van der Waals surface area contributed by atoms with Crippen LogP contribution in [0.1, 0.15) is 45.8 Å². The Morgan fingerprint density at radius 2 is 1.71 bits per heavy atom. The van der Waals surface area contributed by atoms with Gasteiger partial charge in [0.2, 0.25) is 5.91 Å². The maximum absolute atomic E-state index is 13.2. The van der Waals surface area contributed by atoms with Crippen LogP contribution in [0.2, 0.25) is 0 Å². The van der Waals surface area contributed by atoms with Gasteiger partial charge in [0.25, 0.3) is 5.56 Å². The van der Waals surface area contributed by atoms with Crippen molar-refractivity contribution in [2.24, 2.45) is 0 Å². The lowest BCUT2D eigenvalue weighted by atomic mass is 10.0. The van der Waals surface area contributed by atoms with E-state index in [1.165, 1.54) is 10.9 Å². The third-order valence-corrected chi connectivity index (χ3v) is 7.07. The van der Waals surface area contributed by atoms with Crippen molar-refractivity contribution in [3.8, 4) is 0 Å². The van der Waals surface area contributed by atoms with E-state index in [0.29, 0.717) is 20.7 Å². The van der Waals surface area contributed by atoms with Crippen LogP contribution >= 0.6 is 11.3 Å². The van der Waals surface area contributed by atoms with Gasteiger partial charge < -0.3 is 10.1 Å². The lowest BCUT2D eigenvalue weighted by molar-refractivity contribution is -0.116. The van der Waals surface area contributed by atoms with Gasteiger partial charge in [-0.1, -0.05) is 62.4 Å². The summed E-state index contributed by atoms with van der Waals surface area (Å²) in [7, 11) is 0. The van der Waals surface area contributed by atoms with Crippen LogP contribution in [0, 0.1) is 6.92 Å². The highest BCUT2D eigenvalue weighted by Gasteiger charge is 2.21. The molecule has 0 bridgehead atoms. The molecule has 2 aromatic carbocycles. The van der Waals surface area contributed by atoms with Crippen molar-refractivity contribution in [2.45, 2.75) is 46.8 Å². The highest BCUT2D eigenvalue weighted by atomic mass is 32.1. The van der Waals surface area contributed by atoms with Crippen LogP contribution in [-0.4, -0.2) is 21.4 Å². The van der Waals surface area contributed by atoms with Crippen molar-refractivity contribution in [1.29, 1.82) is 0 Å². The SMILES string of the molecule is CCc1cccc(CC)c1NC(=O)Cn1cnc2sc(C(=O)OCc3ccccc3)c(C)c2c1=O. The van der Waals surface area contributed by atoms with E-state index in [1.807, 2.05) is 62.4 Å². The van der Waals surface area contributed by atoms with Gasteiger partial charge in [0, 0.05) is 5.69 Å². The zero-order valence-electron chi connectivity index (χ0n) is 20.0. The number of benzene rings is 2. The second-order valence-corrected chi connectivity index (χ2v) is 9.18. The summed E-state index contributed by atoms with van der Waals surface area (Å²) in [5.41, 5.74) is 3.93. The van der Waals surface area contributed by atoms with Crippen molar-refractivity contribution < 1.29 is 14.3 Å². The Kier molecular flexibility index (Phi) is 7.41. The van der Waals surface area contributed by atoms with Crippen molar-refractivity contribution in [3.05, 3.63) is 92.3 Å². The normalized spacial score (nSPS) is 10.9. The first kappa shape index (κ1) is 24.3. The lowest BCUT2D eigenvalue weighted by Crippen LogP contribution is -2.28. The molecule has 0 aliphatic rings. The molecular formula is C27H27N3O4S. The number of para-hydroxylation sites is 1. The van der Waals surface area contributed by atoms with Crippen molar-refractivity contribution >= 4 is 39.1 Å². The summed E-state index contributed by atoms with van der Waals surface area (Å²) in [5.74, 6) is -0.805. The summed E-state index contributed by atoms with van der Waals surface area (Å²) in [5, 5.41) is 3.31. The largest absolute Gasteiger partial charge is 0.457 e. The highest BCUT2D eigenvalue weighted by molar-refractivity contribution is 7.20. The minimum Gasteiger partial charge on any atom is -0.457 e. The third-order valence-electron chi connectivity index (χ3n) is 5.89. The fourth-order valence-electron chi connectivity index (χ4n) is 3.99. The molecule has 0 aliphatic heterocycles. The van der Waals surface area contributed by atoms with E-state index < -0.39 is 5.97 Å². The van der Waals surface area contributed by atoms with Gasteiger partial charge in [-0.15, -0.1) is 11.3 Å². The van der Waals surface area contributed by atoms with Crippen LogP contribution in [0.3, 0.4) is 0 Å². The average molecular weight is 490 g/mol. The van der Waals surface area contributed by atoms with Gasteiger partial charge in [-0.2, -0.15) is 0 Å². The Hall–Kier alpha value is -3.78.